The molecular formula is C11H18N4O2. The standard InChI is InChI=1S/C11H18N4O2/c1-2-17-11(16)10-8-15(14-13-10)7-9-4-3-5-12-6-9/h8-9,12H,2-7H2,1H3/t9-/m1/s1. The third kappa shape index (κ3) is 3.26. The second-order valence-corrected chi connectivity index (χ2v) is 4.26. The Hall–Kier alpha value is -1.43. The van der Waals surface area contributed by atoms with Gasteiger partial charge in [0.25, 0.3) is 0 Å². The van der Waals surface area contributed by atoms with Crippen LogP contribution < -0.4 is 5.32 Å². The minimum atomic E-state index is -0.402. The Bertz CT molecular complexity index is 371. The van der Waals surface area contributed by atoms with E-state index in [1.165, 1.54) is 12.8 Å². The van der Waals surface area contributed by atoms with E-state index >= 15 is 0 Å². The Balaban J connectivity index is 1.91. The van der Waals surface area contributed by atoms with E-state index in [4.69, 9.17) is 4.74 Å². The summed E-state index contributed by atoms with van der Waals surface area (Å²) >= 11 is 0. The molecule has 0 radical (unpaired) electrons. The van der Waals surface area contributed by atoms with Gasteiger partial charge in [0, 0.05) is 6.54 Å². The first kappa shape index (κ1) is 12.0. The number of carbonyl (C=O) groups is 1. The van der Waals surface area contributed by atoms with Crippen LogP contribution >= 0.6 is 0 Å². The van der Waals surface area contributed by atoms with Crippen LogP contribution in [0.5, 0.6) is 0 Å². The average Bonchev–Trinajstić information content (AvgIpc) is 2.79. The minimum Gasteiger partial charge on any atom is -0.461 e. The van der Waals surface area contributed by atoms with Crippen LogP contribution in [0.15, 0.2) is 6.20 Å². The molecule has 1 fully saturated rings. The molecule has 6 heteroatoms. The zero-order valence-corrected chi connectivity index (χ0v) is 10.1. The fourth-order valence-corrected chi connectivity index (χ4v) is 2.03. The van der Waals surface area contributed by atoms with E-state index in [1.54, 1.807) is 17.8 Å². The van der Waals surface area contributed by atoms with Gasteiger partial charge in [0.2, 0.25) is 0 Å². The molecule has 0 saturated carbocycles. The van der Waals surface area contributed by atoms with Gasteiger partial charge in [-0.15, -0.1) is 5.10 Å². The van der Waals surface area contributed by atoms with E-state index in [9.17, 15) is 4.79 Å². The molecule has 1 saturated heterocycles. The van der Waals surface area contributed by atoms with Crippen molar-refractivity contribution >= 4 is 5.97 Å². The van der Waals surface area contributed by atoms with Crippen LogP contribution in [0.25, 0.3) is 0 Å². The highest BCUT2D eigenvalue weighted by Gasteiger charge is 2.16. The largest absolute Gasteiger partial charge is 0.461 e. The van der Waals surface area contributed by atoms with Gasteiger partial charge in [-0.3, -0.25) is 4.68 Å². The van der Waals surface area contributed by atoms with Crippen molar-refractivity contribution in [3.05, 3.63) is 11.9 Å². The highest BCUT2D eigenvalue weighted by atomic mass is 16.5. The number of piperidine rings is 1. The zero-order chi connectivity index (χ0) is 12.1. The third-order valence-electron chi connectivity index (χ3n) is 2.87. The lowest BCUT2D eigenvalue weighted by molar-refractivity contribution is 0.0519. The molecule has 1 aliphatic heterocycles. The lowest BCUT2D eigenvalue weighted by Crippen LogP contribution is -2.32. The van der Waals surface area contributed by atoms with Gasteiger partial charge < -0.3 is 10.1 Å². The number of esters is 1. The van der Waals surface area contributed by atoms with Gasteiger partial charge in [-0.1, -0.05) is 5.21 Å². The zero-order valence-electron chi connectivity index (χ0n) is 10.1. The van der Waals surface area contributed by atoms with Crippen LogP contribution in [-0.4, -0.2) is 40.7 Å². The molecule has 1 aromatic heterocycles. The maximum Gasteiger partial charge on any atom is 0.360 e. The first-order valence-corrected chi connectivity index (χ1v) is 6.07. The van der Waals surface area contributed by atoms with Crippen molar-refractivity contribution in [1.29, 1.82) is 0 Å². The van der Waals surface area contributed by atoms with E-state index < -0.39 is 5.97 Å². The monoisotopic (exact) mass is 238 g/mol. The fraction of sp³-hybridized carbons (Fsp3) is 0.727. The maximum absolute atomic E-state index is 11.4. The molecule has 0 amide bonds. The van der Waals surface area contributed by atoms with Gasteiger partial charge in [-0.25, -0.2) is 4.79 Å². The Labute approximate surface area is 100 Å². The molecule has 1 aliphatic rings. The molecule has 0 aliphatic carbocycles. The van der Waals surface area contributed by atoms with Crippen molar-refractivity contribution in [2.24, 2.45) is 5.92 Å². The molecule has 2 rings (SSSR count). The van der Waals surface area contributed by atoms with Gasteiger partial charge in [-0.05, 0) is 38.8 Å². The van der Waals surface area contributed by atoms with E-state index in [0.29, 0.717) is 12.5 Å². The second-order valence-electron chi connectivity index (χ2n) is 4.26. The molecule has 2 heterocycles. The van der Waals surface area contributed by atoms with E-state index in [1.807, 2.05) is 0 Å². The third-order valence-corrected chi connectivity index (χ3v) is 2.87. The van der Waals surface area contributed by atoms with Crippen LogP contribution in [-0.2, 0) is 11.3 Å². The number of carbonyl (C=O) groups excluding carboxylic acids is 1. The predicted octanol–water partition coefficient (Wildman–Crippen LogP) is 0.454. The summed E-state index contributed by atoms with van der Waals surface area (Å²) in [5.41, 5.74) is 0.288. The van der Waals surface area contributed by atoms with Gasteiger partial charge in [-0.2, -0.15) is 0 Å². The molecule has 0 bridgehead atoms. The summed E-state index contributed by atoms with van der Waals surface area (Å²) in [4.78, 5) is 11.4. The van der Waals surface area contributed by atoms with Crippen molar-refractivity contribution in [1.82, 2.24) is 20.3 Å². The van der Waals surface area contributed by atoms with Gasteiger partial charge in [0.05, 0.1) is 12.8 Å². The first-order chi connectivity index (χ1) is 8.29. The smallest absolute Gasteiger partial charge is 0.360 e. The first-order valence-electron chi connectivity index (χ1n) is 6.07. The van der Waals surface area contributed by atoms with Crippen LogP contribution in [0.2, 0.25) is 0 Å². The lowest BCUT2D eigenvalue weighted by atomic mass is 10.00. The highest BCUT2D eigenvalue weighted by molar-refractivity contribution is 5.86. The molecule has 1 aromatic rings. The SMILES string of the molecule is CCOC(=O)c1cn(C[C@@H]2CCCNC2)nn1. The topological polar surface area (TPSA) is 69.0 Å². The molecule has 0 aromatic carbocycles. The number of rotatable bonds is 4. The van der Waals surface area contributed by atoms with Crippen LogP contribution in [0.1, 0.15) is 30.3 Å². The Kier molecular flexibility index (Phi) is 4.08. The number of nitrogens with one attached hydrogen (secondary N) is 1. The summed E-state index contributed by atoms with van der Waals surface area (Å²) in [7, 11) is 0. The average molecular weight is 238 g/mol. The van der Waals surface area contributed by atoms with Crippen molar-refractivity contribution in [3.63, 3.8) is 0 Å². The summed E-state index contributed by atoms with van der Waals surface area (Å²) in [6.45, 7) is 5.05. The fourth-order valence-electron chi connectivity index (χ4n) is 2.03. The van der Waals surface area contributed by atoms with Crippen molar-refractivity contribution in [2.45, 2.75) is 26.3 Å². The normalized spacial score (nSPS) is 20.2. The summed E-state index contributed by atoms with van der Waals surface area (Å²) in [6.07, 6.45) is 4.05. The molecule has 0 spiro atoms. The maximum atomic E-state index is 11.4. The van der Waals surface area contributed by atoms with E-state index in [-0.39, 0.29) is 5.69 Å². The van der Waals surface area contributed by atoms with Gasteiger partial charge >= 0.3 is 5.97 Å². The molecule has 1 atom stereocenters. The molecule has 0 unspecified atom stereocenters. The number of aromatic nitrogens is 3. The van der Waals surface area contributed by atoms with Crippen molar-refractivity contribution in [3.8, 4) is 0 Å². The lowest BCUT2D eigenvalue weighted by Gasteiger charge is -2.22. The molecule has 94 valence electrons. The molecule has 6 nitrogen and oxygen atoms in total. The number of ether oxygens (including phenoxy) is 1. The summed E-state index contributed by atoms with van der Waals surface area (Å²) < 4.78 is 6.59. The summed E-state index contributed by atoms with van der Waals surface area (Å²) in [5, 5.41) is 11.1. The Morgan fingerprint density at radius 3 is 3.29 bits per heavy atom. The number of nitrogens with zero attached hydrogens (tertiary/aromatic N) is 3. The van der Waals surface area contributed by atoms with Crippen molar-refractivity contribution < 1.29 is 9.53 Å². The van der Waals surface area contributed by atoms with E-state index in [0.717, 1.165) is 19.6 Å². The van der Waals surface area contributed by atoms with Gasteiger partial charge in [0.1, 0.15) is 0 Å². The van der Waals surface area contributed by atoms with Crippen molar-refractivity contribution in [2.75, 3.05) is 19.7 Å². The van der Waals surface area contributed by atoms with Crippen LogP contribution in [0.4, 0.5) is 0 Å². The number of hydrogen-bond acceptors (Lipinski definition) is 5. The van der Waals surface area contributed by atoms with Gasteiger partial charge in [0.15, 0.2) is 5.69 Å². The van der Waals surface area contributed by atoms with Crippen LogP contribution in [0, 0.1) is 5.92 Å². The summed E-state index contributed by atoms with van der Waals surface area (Å²) in [5.74, 6) is 0.168. The minimum absolute atomic E-state index is 0.288. The Morgan fingerprint density at radius 1 is 1.71 bits per heavy atom. The summed E-state index contributed by atoms with van der Waals surface area (Å²) in [6, 6.07) is 0. The predicted molar refractivity (Wildman–Crippen MR) is 61.6 cm³/mol. The van der Waals surface area contributed by atoms with Crippen LogP contribution in [0.3, 0.4) is 0 Å². The second kappa shape index (κ2) is 5.77. The quantitative estimate of drug-likeness (QED) is 0.771. The number of hydrogen-bond donors (Lipinski definition) is 1. The molecule has 17 heavy (non-hydrogen) atoms. The Morgan fingerprint density at radius 2 is 2.59 bits per heavy atom. The highest BCUT2D eigenvalue weighted by Crippen LogP contribution is 2.12. The van der Waals surface area contributed by atoms with E-state index in [2.05, 4.69) is 15.6 Å². The molecular weight excluding hydrogens is 220 g/mol. The molecule has 1 N–H and O–H groups in total.